The zero-order valence-electron chi connectivity index (χ0n) is 12.1. The Hall–Kier alpha value is -3.09. The van der Waals surface area contributed by atoms with E-state index in [1.807, 2.05) is 0 Å². The third-order valence-electron chi connectivity index (χ3n) is 3.36. The van der Waals surface area contributed by atoms with Crippen LogP contribution in [0.2, 0.25) is 0 Å². The average molecular weight is 333 g/mol. The second-order valence-electron chi connectivity index (χ2n) is 4.98. The summed E-state index contributed by atoms with van der Waals surface area (Å²) in [6.07, 6.45) is -5.03. The number of anilines is 1. The molecule has 0 bridgehead atoms. The van der Waals surface area contributed by atoms with Crippen molar-refractivity contribution in [2.75, 3.05) is 5.32 Å². The molecule has 1 N–H and O–H groups in total. The van der Waals surface area contributed by atoms with Gasteiger partial charge in [0.15, 0.2) is 0 Å². The quantitative estimate of drug-likeness (QED) is 0.722. The smallest absolute Gasteiger partial charge is 0.422 e. The SMILES string of the molecule is O=C(Nc1ccccc1-c1cc2ccccc2oc1=O)C(F)(F)F. The first-order valence-electron chi connectivity index (χ1n) is 6.87. The van der Waals surface area contributed by atoms with Crippen molar-refractivity contribution in [1.29, 1.82) is 0 Å². The Bertz CT molecular complexity index is 976. The fourth-order valence-electron chi connectivity index (χ4n) is 2.27. The van der Waals surface area contributed by atoms with Gasteiger partial charge in [0.1, 0.15) is 5.58 Å². The first-order chi connectivity index (χ1) is 11.4. The molecule has 0 atom stereocenters. The molecule has 0 spiro atoms. The maximum atomic E-state index is 12.5. The highest BCUT2D eigenvalue weighted by Gasteiger charge is 2.39. The van der Waals surface area contributed by atoms with Crippen molar-refractivity contribution in [2.24, 2.45) is 0 Å². The molecule has 0 fully saturated rings. The lowest BCUT2D eigenvalue weighted by Gasteiger charge is -2.12. The van der Waals surface area contributed by atoms with E-state index in [0.717, 1.165) is 0 Å². The Morgan fingerprint density at radius 2 is 1.62 bits per heavy atom. The number of carbonyl (C=O) groups excluding carboxylic acids is 1. The summed E-state index contributed by atoms with van der Waals surface area (Å²) in [4.78, 5) is 23.3. The molecule has 1 heterocycles. The average Bonchev–Trinajstić information content (AvgIpc) is 2.54. The topological polar surface area (TPSA) is 59.3 Å². The minimum absolute atomic E-state index is 0.0618. The molecule has 0 aliphatic heterocycles. The largest absolute Gasteiger partial charge is 0.471 e. The van der Waals surface area contributed by atoms with Crippen molar-refractivity contribution < 1.29 is 22.4 Å². The normalized spacial score (nSPS) is 11.5. The molecule has 7 heteroatoms. The summed E-state index contributed by atoms with van der Waals surface area (Å²) < 4.78 is 42.6. The highest BCUT2D eigenvalue weighted by molar-refractivity contribution is 5.99. The minimum atomic E-state index is -5.03. The number of fused-ring (bicyclic) bond motifs is 1. The highest BCUT2D eigenvalue weighted by Crippen LogP contribution is 2.29. The molecule has 24 heavy (non-hydrogen) atoms. The second-order valence-corrected chi connectivity index (χ2v) is 4.98. The van der Waals surface area contributed by atoms with Crippen molar-refractivity contribution in [3.8, 4) is 11.1 Å². The number of alkyl halides is 3. The fourth-order valence-corrected chi connectivity index (χ4v) is 2.27. The molecule has 0 saturated carbocycles. The van der Waals surface area contributed by atoms with Gasteiger partial charge < -0.3 is 9.73 Å². The van der Waals surface area contributed by atoms with Crippen LogP contribution in [0.1, 0.15) is 0 Å². The van der Waals surface area contributed by atoms with Crippen molar-refractivity contribution >= 4 is 22.6 Å². The molecule has 122 valence electrons. The van der Waals surface area contributed by atoms with Gasteiger partial charge in [0.25, 0.3) is 0 Å². The summed E-state index contributed by atoms with van der Waals surface area (Å²) in [5.41, 5.74) is -0.255. The van der Waals surface area contributed by atoms with Gasteiger partial charge in [0.2, 0.25) is 0 Å². The van der Waals surface area contributed by atoms with E-state index in [4.69, 9.17) is 4.42 Å². The Kier molecular flexibility index (Phi) is 3.84. The van der Waals surface area contributed by atoms with E-state index >= 15 is 0 Å². The lowest BCUT2D eigenvalue weighted by atomic mass is 10.0. The maximum absolute atomic E-state index is 12.5. The molecule has 0 aliphatic rings. The number of para-hydroxylation sites is 2. The number of amides is 1. The van der Waals surface area contributed by atoms with E-state index in [9.17, 15) is 22.8 Å². The Morgan fingerprint density at radius 3 is 2.38 bits per heavy atom. The third-order valence-corrected chi connectivity index (χ3v) is 3.36. The molecule has 0 radical (unpaired) electrons. The summed E-state index contributed by atoms with van der Waals surface area (Å²) >= 11 is 0. The van der Waals surface area contributed by atoms with Crippen molar-refractivity contribution in [1.82, 2.24) is 0 Å². The third kappa shape index (κ3) is 3.01. The summed E-state index contributed by atoms with van der Waals surface area (Å²) in [5, 5.41) is 2.39. The van der Waals surface area contributed by atoms with Crippen LogP contribution in [0.4, 0.5) is 18.9 Å². The van der Waals surface area contributed by atoms with Gasteiger partial charge in [-0.2, -0.15) is 13.2 Å². The van der Waals surface area contributed by atoms with Crippen molar-refractivity contribution in [3.05, 3.63) is 65.0 Å². The van der Waals surface area contributed by atoms with Gasteiger partial charge in [0.05, 0.1) is 5.56 Å². The van der Waals surface area contributed by atoms with E-state index in [1.165, 1.54) is 24.3 Å². The number of benzene rings is 2. The van der Waals surface area contributed by atoms with Gasteiger partial charge in [-0.1, -0.05) is 36.4 Å². The predicted molar refractivity (Wildman–Crippen MR) is 82.6 cm³/mol. The molecular weight excluding hydrogens is 323 g/mol. The fraction of sp³-hybridized carbons (Fsp3) is 0.0588. The van der Waals surface area contributed by atoms with Crippen molar-refractivity contribution in [2.45, 2.75) is 6.18 Å². The zero-order chi connectivity index (χ0) is 17.3. The van der Waals surface area contributed by atoms with Crippen LogP contribution in [-0.4, -0.2) is 12.1 Å². The number of rotatable bonds is 2. The van der Waals surface area contributed by atoms with Crippen LogP contribution in [0.25, 0.3) is 22.1 Å². The highest BCUT2D eigenvalue weighted by atomic mass is 19.4. The van der Waals surface area contributed by atoms with Gasteiger partial charge in [-0.25, -0.2) is 4.79 Å². The number of hydrogen-bond acceptors (Lipinski definition) is 3. The summed E-state index contributed by atoms with van der Waals surface area (Å²) in [6.45, 7) is 0. The van der Waals surface area contributed by atoms with Crippen LogP contribution in [-0.2, 0) is 4.79 Å². The molecule has 0 saturated heterocycles. The van der Waals surface area contributed by atoms with Crippen LogP contribution in [0.5, 0.6) is 0 Å². The molecule has 2 aromatic carbocycles. The second kappa shape index (κ2) is 5.84. The lowest BCUT2D eigenvalue weighted by Crippen LogP contribution is -2.30. The standard InChI is InChI=1S/C17H10F3NO3/c18-17(19,20)16(23)21-13-7-3-2-6-11(13)12-9-10-5-1-4-8-14(10)24-15(12)22/h1-9H,(H,21,23). The maximum Gasteiger partial charge on any atom is 0.471 e. The number of carbonyl (C=O) groups is 1. The number of hydrogen-bond donors (Lipinski definition) is 1. The molecule has 3 rings (SSSR count). The predicted octanol–water partition coefficient (Wildman–Crippen LogP) is 3.96. The van der Waals surface area contributed by atoms with E-state index in [-0.39, 0.29) is 16.8 Å². The monoisotopic (exact) mass is 333 g/mol. The Balaban J connectivity index is 2.12. The molecule has 4 nitrogen and oxygen atoms in total. The Morgan fingerprint density at radius 1 is 0.958 bits per heavy atom. The van der Waals surface area contributed by atoms with Crippen LogP contribution >= 0.6 is 0 Å². The first-order valence-corrected chi connectivity index (χ1v) is 6.87. The molecule has 0 unspecified atom stereocenters. The van der Waals surface area contributed by atoms with E-state index in [2.05, 4.69) is 0 Å². The summed E-state index contributed by atoms with van der Waals surface area (Å²) in [6, 6.07) is 14.0. The van der Waals surface area contributed by atoms with E-state index in [0.29, 0.717) is 11.0 Å². The Labute approximate surface area is 133 Å². The molecule has 0 aliphatic carbocycles. The van der Waals surface area contributed by atoms with E-state index < -0.39 is 17.7 Å². The molecular formula is C17H10F3NO3. The number of nitrogens with one attached hydrogen (secondary N) is 1. The van der Waals surface area contributed by atoms with Gasteiger partial charge in [-0.3, -0.25) is 4.79 Å². The first kappa shape index (κ1) is 15.8. The van der Waals surface area contributed by atoms with Gasteiger partial charge in [-0.05, 0) is 18.2 Å². The summed E-state index contributed by atoms with van der Waals surface area (Å²) in [5.74, 6) is -2.11. The zero-order valence-corrected chi connectivity index (χ0v) is 12.1. The summed E-state index contributed by atoms with van der Waals surface area (Å²) in [7, 11) is 0. The van der Waals surface area contributed by atoms with Crippen LogP contribution in [0, 0.1) is 0 Å². The van der Waals surface area contributed by atoms with Crippen LogP contribution < -0.4 is 10.9 Å². The van der Waals surface area contributed by atoms with E-state index in [1.54, 1.807) is 35.6 Å². The van der Waals surface area contributed by atoms with Gasteiger partial charge >= 0.3 is 17.7 Å². The minimum Gasteiger partial charge on any atom is -0.422 e. The van der Waals surface area contributed by atoms with Crippen LogP contribution in [0.15, 0.2) is 63.8 Å². The van der Waals surface area contributed by atoms with Gasteiger partial charge in [0, 0.05) is 16.6 Å². The number of halogens is 3. The van der Waals surface area contributed by atoms with Crippen molar-refractivity contribution in [3.63, 3.8) is 0 Å². The van der Waals surface area contributed by atoms with Gasteiger partial charge in [-0.15, -0.1) is 0 Å². The molecule has 1 amide bonds. The lowest BCUT2D eigenvalue weighted by molar-refractivity contribution is -0.167. The molecule has 3 aromatic rings. The molecule has 1 aromatic heterocycles. The van der Waals surface area contributed by atoms with Crippen LogP contribution in [0.3, 0.4) is 0 Å².